The van der Waals surface area contributed by atoms with Gasteiger partial charge >= 0.3 is 0 Å². The molecule has 1 aliphatic carbocycles. The molecule has 4 rings (SSSR count). The van der Waals surface area contributed by atoms with Crippen LogP contribution in [0.3, 0.4) is 0 Å². The molecule has 1 fully saturated rings. The quantitative estimate of drug-likeness (QED) is 0.635. The maximum atomic E-state index is 13.0. The highest BCUT2D eigenvalue weighted by molar-refractivity contribution is 5.97. The second kappa shape index (κ2) is 8.91. The zero-order valence-electron chi connectivity index (χ0n) is 19.2. The minimum Gasteiger partial charge on any atom is -0.457 e. The highest BCUT2D eigenvalue weighted by Gasteiger charge is 2.34. The largest absolute Gasteiger partial charge is 0.457 e. The molecule has 0 unspecified atom stereocenters. The van der Waals surface area contributed by atoms with E-state index in [4.69, 9.17) is 9.15 Å². The van der Waals surface area contributed by atoms with Gasteiger partial charge in [0.15, 0.2) is 5.78 Å². The van der Waals surface area contributed by atoms with Gasteiger partial charge in [0.05, 0.1) is 18.9 Å². The van der Waals surface area contributed by atoms with Crippen LogP contribution in [0.25, 0.3) is 17.0 Å². The number of ketones is 1. The third-order valence-electron chi connectivity index (χ3n) is 6.30. The average Bonchev–Trinajstić information content (AvgIpc) is 3.15. The summed E-state index contributed by atoms with van der Waals surface area (Å²) in [6.07, 6.45) is 5.58. The van der Waals surface area contributed by atoms with Crippen molar-refractivity contribution in [3.05, 3.63) is 47.4 Å². The first-order valence-electron chi connectivity index (χ1n) is 11.5. The first-order valence-corrected chi connectivity index (χ1v) is 11.5. The van der Waals surface area contributed by atoms with Crippen LogP contribution in [0.2, 0.25) is 0 Å². The monoisotopic (exact) mass is 422 g/mol. The number of nitrogens with zero attached hydrogens (tertiary/aromatic N) is 2. The van der Waals surface area contributed by atoms with Crippen LogP contribution in [0.4, 0.5) is 5.69 Å². The second-order valence-electron chi connectivity index (χ2n) is 9.29. The first-order chi connectivity index (χ1) is 14.9. The van der Waals surface area contributed by atoms with Crippen LogP contribution in [0.5, 0.6) is 0 Å². The fourth-order valence-corrected chi connectivity index (χ4v) is 4.75. The molecule has 0 saturated carbocycles. The predicted molar refractivity (Wildman–Crippen MR) is 126 cm³/mol. The van der Waals surface area contributed by atoms with Gasteiger partial charge in [0, 0.05) is 49.7 Å². The Morgan fingerprint density at radius 3 is 2.52 bits per heavy atom. The van der Waals surface area contributed by atoms with Crippen LogP contribution >= 0.6 is 0 Å². The number of allylic oxidation sites excluding steroid dienone is 3. The van der Waals surface area contributed by atoms with Crippen molar-refractivity contribution in [3.63, 3.8) is 0 Å². The van der Waals surface area contributed by atoms with Crippen molar-refractivity contribution < 1.29 is 13.9 Å². The normalized spacial score (nSPS) is 19.6. The molecule has 0 atom stereocenters. The van der Waals surface area contributed by atoms with E-state index in [2.05, 4.69) is 67.8 Å². The van der Waals surface area contributed by atoms with Crippen molar-refractivity contribution in [2.24, 2.45) is 5.41 Å². The van der Waals surface area contributed by atoms with E-state index in [9.17, 15) is 4.79 Å². The SMILES string of the molecule is CCN(CC)c1ccc2cc(C=CC3=C(N4CCOCC4)C(=O)CC(C)(C)C3)oc2c1. The lowest BCUT2D eigenvalue weighted by Gasteiger charge is -2.38. The molecule has 0 N–H and O–H groups in total. The van der Waals surface area contributed by atoms with Gasteiger partial charge in [-0.25, -0.2) is 0 Å². The number of hydrogen-bond donors (Lipinski definition) is 0. The number of fused-ring (bicyclic) bond motifs is 1. The summed E-state index contributed by atoms with van der Waals surface area (Å²) >= 11 is 0. The molecule has 0 amide bonds. The highest BCUT2D eigenvalue weighted by Crippen LogP contribution is 2.39. The number of carbonyl (C=O) groups is 1. The summed E-state index contributed by atoms with van der Waals surface area (Å²) in [5, 5.41) is 1.10. The number of ether oxygens (including phenoxy) is 1. The molecule has 2 aliphatic rings. The summed E-state index contributed by atoms with van der Waals surface area (Å²) in [6, 6.07) is 8.46. The zero-order valence-corrected chi connectivity index (χ0v) is 19.2. The molecule has 0 radical (unpaired) electrons. The maximum Gasteiger partial charge on any atom is 0.179 e. The minimum absolute atomic E-state index is 0.0287. The van der Waals surface area contributed by atoms with Crippen molar-refractivity contribution in [2.75, 3.05) is 44.3 Å². The molecular formula is C26H34N2O3. The van der Waals surface area contributed by atoms with Crippen LogP contribution in [-0.2, 0) is 9.53 Å². The van der Waals surface area contributed by atoms with E-state index in [1.165, 1.54) is 5.69 Å². The second-order valence-corrected chi connectivity index (χ2v) is 9.29. The summed E-state index contributed by atoms with van der Waals surface area (Å²) in [5.41, 5.74) is 4.02. The van der Waals surface area contributed by atoms with Crippen molar-refractivity contribution in [1.29, 1.82) is 0 Å². The molecule has 31 heavy (non-hydrogen) atoms. The Kier molecular flexibility index (Phi) is 6.24. The highest BCUT2D eigenvalue weighted by atomic mass is 16.5. The van der Waals surface area contributed by atoms with Gasteiger partial charge in [-0.05, 0) is 55.5 Å². The molecule has 166 valence electrons. The van der Waals surface area contributed by atoms with E-state index in [-0.39, 0.29) is 11.2 Å². The number of hydrogen-bond acceptors (Lipinski definition) is 5. The van der Waals surface area contributed by atoms with Crippen LogP contribution in [0.15, 0.2) is 46.0 Å². The van der Waals surface area contributed by atoms with Crippen LogP contribution in [0, 0.1) is 5.41 Å². The number of Topliss-reactive ketones (excluding diaryl/α,β-unsaturated/α-hetero) is 1. The van der Waals surface area contributed by atoms with E-state index >= 15 is 0 Å². The molecule has 1 aromatic carbocycles. The summed E-state index contributed by atoms with van der Waals surface area (Å²) in [6.45, 7) is 13.5. The molecular weight excluding hydrogens is 388 g/mol. The molecule has 1 aliphatic heterocycles. The minimum atomic E-state index is -0.0287. The number of anilines is 1. The van der Waals surface area contributed by atoms with Gasteiger partial charge in [0.2, 0.25) is 0 Å². The van der Waals surface area contributed by atoms with Crippen molar-refractivity contribution >= 4 is 28.5 Å². The summed E-state index contributed by atoms with van der Waals surface area (Å²) in [7, 11) is 0. The fraction of sp³-hybridized carbons (Fsp3) is 0.500. The summed E-state index contributed by atoms with van der Waals surface area (Å²) in [4.78, 5) is 17.5. The molecule has 2 aromatic rings. The topological polar surface area (TPSA) is 45.9 Å². The Morgan fingerprint density at radius 2 is 1.81 bits per heavy atom. The van der Waals surface area contributed by atoms with Gasteiger partial charge in [-0.3, -0.25) is 4.79 Å². The Bertz CT molecular complexity index is 1000. The van der Waals surface area contributed by atoms with Gasteiger partial charge in [-0.2, -0.15) is 0 Å². The van der Waals surface area contributed by atoms with E-state index in [1.807, 2.05) is 6.08 Å². The smallest absolute Gasteiger partial charge is 0.179 e. The van der Waals surface area contributed by atoms with Gasteiger partial charge in [0.25, 0.3) is 0 Å². The third kappa shape index (κ3) is 4.72. The van der Waals surface area contributed by atoms with Crippen molar-refractivity contribution in [2.45, 2.75) is 40.5 Å². The van der Waals surface area contributed by atoms with E-state index in [0.29, 0.717) is 19.6 Å². The number of furan rings is 1. The van der Waals surface area contributed by atoms with Crippen molar-refractivity contribution in [1.82, 2.24) is 4.90 Å². The van der Waals surface area contributed by atoms with Gasteiger partial charge in [0.1, 0.15) is 11.3 Å². The molecule has 5 heteroatoms. The van der Waals surface area contributed by atoms with E-state index in [1.54, 1.807) is 0 Å². The molecule has 0 spiro atoms. The summed E-state index contributed by atoms with van der Waals surface area (Å²) in [5.74, 6) is 1.06. The number of benzene rings is 1. The van der Waals surface area contributed by atoms with Crippen LogP contribution in [0.1, 0.15) is 46.3 Å². The van der Waals surface area contributed by atoms with Crippen LogP contribution < -0.4 is 4.90 Å². The summed E-state index contributed by atoms with van der Waals surface area (Å²) < 4.78 is 11.6. The molecule has 1 saturated heterocycles. The standard InChI is InChI=1S/C26H34N2O3/c1-5-27(6-2)21-9-7-19-15-22(31-24(19)16-21)10-8-20-17-26(3,4)18-23(29)25(20)28-11-13-30-14-12-28/h7-10,15-16H,5-6,11-14,17-18H2,1-4H3. The number of morpholine rings is 1. The van der Waals surface area contributed by atoms with Gasteiger partial charge in [-0.15, -0.1) is 0 Å². The number of carbonyl (C=O) groups excluding carboxylic acids is 1. The fourth-order valence-electron chi connectivity index (χ4n) is 4.75. The maximum absolute atomic E-state index is 13.0. The molecule has 0 bridgehead atoms. The average molecular weight is 423 g/mol. The molecule has 1 aromatic heterocycles. The number of rotatable bonds is 6. The Hall–Kier alpha value is -2.53. The Labute approximate surface area is 185 Å². The third-order valence-corrected chi connectivity index (χ3v) is 6.30. The lowest BCUT2D eigenvalue weighted by atomic mass is 9.75. The lowest BCUT2D eigenvalue weighted by Crippen LogP contribution is -2.41. The Morgan fingerprint density at radius 1 is 1.06 bits per heavy atom. The predicted octanol–water partition coefficient (Wildman–Crippen LogP) is 5.27. The van der Waals surface area contributed by atoms with Gasteiger partial charge in [-0.1, -0.05) is 19.9 Å². The Balaban J connectivity index is 1.65. The van der Waals surface area contributed by atoms with E-state index in [0.717, 1.165) is 60.6 Å². The van der Waals surface area contributed by atoms with Crippen LogP contribution in [-0.4, -0.2) is 50.1 Å². The van der Waals surface area contributed by atoms with Gasteiger partial charge < -0.3 is 19.0 Å². The zero-order chi connectivity index (χ0) is 22.0. The lowest BCUT2D eigenvalue weighted by molar-refractivity contribution is -0.120. The van der Waals surface area contributed by atoms with E-state index < -0.39 is 0 Å². The van der Waals surface area contributed by atoms with Crippen molar-refractivity contribution in [3.8, 4) is 0 Å². The first kappa shape index (κ1) is 21.7. The molecule has 5 nitrogen and oxygen atoms in total. The molecule has 2 heterocycles.